The predicted molar refractivity (Wildman–Crippen MR) is 88.2 cm³/mol. The molecule has 0 saturated carbocycles. The summed E-state index contributed by atoms with van der Waals surface area (Å²) < 4.78 is 6.71. The second-order valence-corrected chi connectivity index (χ2v) is 6.60. The van der Waals surface area contributed by atoms with Crippen LogP contribution in [-0.4, -0.2) is 17.8 Å². The van der Waals surface area contributed by atoms with Crippen LogP contribution < -0.4 is 4.74 Å². The second kappa shape index (κ2) is 6.39. The highest BCUT2D eigenvalue weighted by Gasteiger charge is 2.20. The van der Waals surface area contributed by atoms with E-state index in [1.807, 2.05) is 36.4 Å². The fourth-order valence-corrected chi connectivity index (χ4v) is 3.45. The largest absolute Gasteiger partial charge is 0.493 e. The maximum absolute atomic E-state index is 10.4. The van der Waals surface area contributed by atoms with E-state index in [1.165, 1.54) is 0 Å². The maximum atomic E-state index is 10.4. The van der Waals surface area contributed by atoms with Gasteiger partial charge in [-0.1, -0.05) is 45.7 Å². The van der Waals surface area contributed by atoms with Gasteiger partial charge in [0.1, 0.15) is 5.75 Å². The van der Waals surface area contributed by atoms with Gasteiger partial charge in [-0.25, -0.2) is 0 Å². The first kappa shape index (κ1) is 14.9. The number of aliphatic hydroxyl groups is 1. The van der Waals surface area contributed by atoms with Gasteiger partial charge in [-0.15, -0.1) is 0 Å². The summed E-state index contributed by atoms with van der Waals surface area (Å²) in [7, 11) is 0. The number of hydrogen-bond acceptors (Lipinski definition) is 2. The zero-order valence-corrected chi connectivity index (χ0v) is 13.8. The van der Waals surface area contributed by atoms with Crippen molar-refractivity contribution >= 4 is 27.5 Å². The van der Waals surface area contributed by atoms with Gasteiger partial charge in [0.25, 0.3) is 0 Å². The van der Waals surface area contributed by atoms with Gasteiger partial charge in [0, 0.05) is 22.3 Å². The fraction of sp³-hybridized carbons (Fsp3) is 0.294. The van der Waals surface area contributed by atoms with Crippen molar-refractivity contribution in [3.63, 3.8) is 0 Å². The predicted octanol–water partition coefficient (Wildman–Crippen LogP) is 4.18. The molecular formula is C17H16BrClO2. The van der Waals surface area contributed by atoms with Gasteiger partial charge in [-0.05, 0) is 41.3 Å². The third kappa shape index (κ3) is 3.42. The smallest absolute Gasteiger partial charge is 0.126 e. The van der Waals surface area contributed by atoms with E-state index < -0.39 is 6.10 Å². The number of rotatable bonds is 4. The number of hydrogen-bond donors (Lipinski definition) is 1. The van der Waals surface area contributed by atoms with E-state index in [1.54, 1.807) is 0 Å². The zero-order chi connectivity index (χ0) is 14.8. The molecule has 1 unspecified atom stereocenters. The molecule has 0 radical (unpaired) electrons. The Bertz CT molecular complexity index is 657. The third-order valence-corrected chi connectivity index (χ3v) is 4.69. The quantitative estimate of drug-likeness (QED) is 0.878. The van der Waals surface area contributed by atoms with E-state index in [-0.39, 0.29) is 0 Å². The number of aliphatic hydroxyl groups excluding tert-OH is 1. The molecule has 110 valence electrons. The first-order chi connectivity index (χ1) is 10.1. The number of fused-ring (bicyclic) bond motifs is 1. The Morgan fingerprint density at radius 3 is 2.76 bits per heavy atom. The van der Waals surface area contributed by atoms with Crippen molar-refractivity contribution in [1.29, 1.82) is 0 Å². The molecule has 4 heteroatoms. The molecule has 0 fully saturated rings. The summed E-state index contributed by atoms with van der Waals surface area (Å²) in [5, 5.41) is 11.1. The van der Waals surface area contributed by atoms with E-state index in [9.17, 15) is 5.11 Å². The van der Waals surface area contributed by atoms with Crippen LogP contribution in [0, 0.1) is 0 Å². The normalized spacial score (nSPS) is 14.6. The summed E-state index contributed by atoms with van der Waals surface area (Å²) >= 11 is 9.67. The van der Waals surface area contributed by atoms with Gasteiger partial charge >= 0.3 is 0 Å². The molecule has 1 aliphatic rings. The van der Waals surface area contributed by atoms with E-state index in [0.29, 0.717) is 24.5 Å². The number of benzene rings is 2. The minimum Gasteiger partial charge on any atom is -0.493 e. The Morgan fingerprint density at radius 1 is 1.19 bits per heavy atom. The molecule has 1 N–H and O–H groups in total. The molecule has 2 aromatic carbocycles. The van der Waals surface area contributed by atoms with Crippen LogP contribution in [0.1, 0.15) is 16.7 Å². The van der Waals surface area contributed by atoms with Crippen LogP contribution >= 0.6 is 27.5 Å². The molecule has 0 aliphatic carbocycles. The van der Waals surface area contributed by atoms with Gasteiger partial charge in [0.05, 0.1) is 12.7 Å². The lowest BCUT2D eigenvalue weighted by Gasteiger charge is -2.14. The lowest BCUT2D eigenvalue weighted by molar-refractivity contribution is 0.174. The Morgan fingerprint density at radius 2 is 1.95 bits per heavy atom. The standard InChI is InChI=1S/C17H16BrClO2/c18-16-4-2-1-3-11(16)9-15(20)10-13-8-14(19)7-12-5-6-21-17(12)13/h1-4,7-8,15,20H,5-6,9-10H2. The number of halogens is 2. The summed E-state index contributed by atoms with van der Waals surface area (Å²) in [5.74, 6) is 0.908. The summed E-state index contributed by atoms with van der Waals surface area (Å²) in [5.41, 5.74) is 3.24. The lowest BCUT2D eigenvalue weighted by atomic mass is 9.99. The van der Waals surface area contributed by atoms with Crippen molar-refractivity contribution in [1.82, 2.24) is 0 Å². The molecule has 2 nitrogen and oxygen atoms in total. The van der Waals surface area contributed by atoms with Crippen LogP contribution in [0.5, 0.6) is 5.75 Å². The van der Waals surface area contributed by atoms with Gasteiger partial charge in [-0.3, -0.25) is 0 Å². The van der Waals surface area contributed by atoms with Crippen molar-refractivity contribution in [2.45, 2.75) is 25.4 Å². The van der Waals surface area contributed by atoms with Crippen molar-refractivity contribution in [3.05, 3.63) is 62.6 Å². The highest BCUT2D eigenvalue weighted by atomic mass is 79.9. The maximum Gasteiger partial charge on any atom is 0.126 e. The average Bonchev–Trinajstić information content (AvgIpc) is 2.89. The first-order valence-corrected chi connectivity index (χ1v) is 8.16. The van der Waals surface area contributed by atoms with E-state index >= 15 is 0 Å². The van der Waals surface area contributed by atoms with Gasteiger partial charge < -0.3 is 9.84 Å². The summed E-state index contributed by atoms with van der Waals surface area (Å²) in [6.07, 6.45) is 1.58. The Balaban J connectivity index is 1.77. The Hall–Kier alpha value is -1.03. The van der Waals surface area contributed by atoms with Crippen LogP contribution in [0.15, 0.2) is 40.9 Å². The van der Waals surface area contributed by atoms with Crippen LogP contribution in [0.25, 0.3) is 0 Å². The monoisotopic (exact) mass is 366 g/mol. The molecule has 2 aromatic rings. The minimum atomic E-state index is -0.463. The molecule has 1 heterocycles. The minimum absolute atomic E-state index is 0.463. The summed E-state index contributed by atoms with van der Waals surface area (Å²) in [6, 6.07) is 11.8. The molecule has 0 bridgehead atoms. The highest BCUT2D eigenvalue weighted by Crippen LogP contribution is 2.34. The SMILES string of the molecule is OC(Cc1ccccc1Br)Cc1cc(Cl)cc2c1OCC2. The van der Waals surface area contributed by atoms with Crippen LogP contribution in [0.4, 0.5) is 0 Å². The van der Waals surface area contributed by atoms with E-state index in [0.717, 1.165) is 33.3 Å². The zero-order valence-electron chi connectivity index (χ0n) is 11.5. The summed E-state index contributed by atoms with van der Waals surface area (Å²) in [6.45, 7) is 0.697. The molecule has 3 rings (SSSR count). The van der Waals surface area contributed by atoms with Crippen molar-refractivity contribution in [2.24, 2.45) is 0 Å². The lowest BCUT2D eigenvalue weighted by Crippen LogP contribution is -2.15. The Kier molecular flexibility index (Phi) is 4.53. The van der Waals surface area contributed by atoms with E-state index in [4.69, 9.17) is 16.3 Å². The number of ether oxygens (including phenoxy) is 1. The molecular weight excluding hydrogens is 352 g/mol. The summed E-state index contributed by atoms with van der Waals surface area (Å²) in [4.78, 5) is 0. The first-order valence-electron chi connectivity index (χ1n) is 6.99. The molecule has 0 saturated heterocycles. The molecule has 0 aromatic heterocycles. The molecule has 1 aliphatic heterocycles. The molecule has 21 heavy (non-hydrogen) atoms. The molecule has 1 atom stereocenters. The molecule has 0 amide bonds. The van der Waals surface area contributed by atoms with Crippen molar-refractivity contribution in [3.8, 4) is 5.75 Å². The second-order valence-electron chi connectivity index (χ2n) is 5.31. The topological polar surface area (TPSA) is 29.5 Å². The Labute approximate surface area is 137 Å². The molecule has 0 spiro atoms. The fourth-order valence-electron chi connectivity index (χ4n) is 2.74. The van der Waals surface area contributed by atoms with E-state index in [2.05, 4.69) is 15.9 Å². The highest BCUT2D eigenvalue weighted by molar-refractivity contribution is 9.10. The third-order valence-electron chi connectivity index (χ3n) is 3.69. The van der Waals surface area contributed by atoms with Gasteiger partial charge in [-0.2, -0.15) is 0 Å². The van der Waals surface area contributed by atoms with Gasteiger partial charge in [0.15, 0.2) is 0 Å². The van der Waals surface area contributed by atoms with Gasteiger partial charge in [0.2, 0.25) is 0 Å². The van der Waals surface area contributed by atoms with Crippen LogP contribution in [0.2, 0.25) is 5.02 Å². The van der Waals surface area contributed by atoms with Crippen LogP contribution in [0.3, 0.4) is 0 Å². The van der Waals surface area contributed by atoms with Crippen molar-refractivity contribution in [2.75, 3.05) is 6.61 Å². The van der Waals surface area contributed by atoms with Crippen molar-refractivity contribution < 1.29 is 9.84 Å². The van der Waals surface area contributed by atoms with Crippen LogP contribution in [-0.2, 0) is 19.3 Å². The average molecular weight is 368 g/mol.